The zero-order chi connectivity index (χ0) is 20.0. The average Bonchev–Trinajstić information content (AvgIpc) is 2.61. The van der Waals surface area contributed by atoms with Gasteiger partial charge in [0.1, 0.15) is 0 Å². The minimum Gasteiger partial charge on any atom is -0.494 e. The van der Waals surface area contributed by atoms with Gasteiger partial charge in [-0.2, -0.15) is 0 Å². The summed E-state index contributed by atoms with van der Waals surface area (Å²) in [5.41, 5.74) is 1.16. The van der Waals surface area contributed by atoms with Crippen LogP contribution in [0.2, 0.25) is 0 Å². The summed E-state index contributed by atoms with van der Waals surface area (Å²) >= 11 is 0. The van der Waals surface area contributed by atoms with E-state index in [0.29, 0.717) is 16.8 Å². The van der Waals surface area contributed by atoms with E-state index in [4.69, 9.17) is 9.47 Å². The number of carbonyl (C=O) groups excluding carboxylic acids is 2. The van der Waals surface area contributed by atoms with Gasteiger partial charge in [-0.15, -0.1) is 0 Å². The first-order chi connectivity index (χ1) is 12.8. The van der Waals surface area contributed by atoms with Crippen LogP contribution in [-0.4, -0.2) is 30.5 Å². The molecule has 0 radical (unpaired) electrons. The maximum Gasteiger partial charge on any atom is 0.310 e. The average molecular weight is 376 g/mol. The molecule has 0 unspecified atom stereocenters. The molecule has 2 rings (SSSR count). The van der Waals surface area contributed by atoms with Crippen molar-refractivity contribution in [2.75, 3.05) is 19.0 Å². The van der Waals surface area contributed by atoms with E-state index in [1.54, 1.807) is 6.92 Å². The summed E-state index contributed by atoms with van der Waals surface area (Å²) in [5.74, 6) is -1.84. The van der Waals surface area contributed by atoms with Crippen LogP contribution in [0.4, 0.5) is 15.8 Å². The topological polar surface area (TPSA) is 108 Å². The largest absolute Gasteiger partial charge is 0.494 e. The Kier molecular flexibility index (Phi) is 6.42. The fourth-order valence-corrected chi connectivity index (χ4v) is 2.27. The SMILES string of the molecule is COc1ccc(CC(=O)OCC(=O)Nc2ccc([N+](=O)[O-])cc2C)cc1F. The quantitative estimate of drug-likeness (QED) is 0.452. The van der Waals surface area contributed by atoms with Crippen molar-refractivity contribution in [1.82, 2.24) is 0 Å². The van der Waals surface area contributed by atoms with Gasteiger partial charge in [-0.05, 0) is 36.2 Å². The van der Waals surface area contributed by atoms with Crippen LogP contribution in [0.1, 0.15) is 11.1 Å². The predicted molar refractivity (Wildman–Crippen MR) is 94.1 cm³/mol. The summed E-state index contributed by atoms with van der Waals surface area (Å²) in [4.78, 5) is 33.8. The van der Waals surface area contributed by atoms with Gasteiger partial charge in [0.05, 0.1) is 18.5 Å². The second kappa shape index (κ2) is 8.75. The van der Waals surface area contributed by atoms with Crippen LogP contribution in [0, 0.1) is 22.9 Å². The van der Waals surface area contributed by atoms with Crippen molar-refractivity contribution in [3.05, 3.63) is 63.5 Å². The Morgan fingerprint density at radius 1 is 1.22 bits per heavy atom. The number of methoxy groups -OCH3 is 1. The number of ether oxygens (including phenoxy) is 2. The number of amides is 1. The minimum absolute atomic E-state index is 0.0602. The van der Waals surface area contributed by atoms with E-state index in [-0.39, 0.29) is 17.9 Å². The smallest absolute Gasteiger partial charge is 0.310 e. The van der Waals surface area contributed by atoms with E-state index >= 15 is 0 Å². The van der Waals surface area contributed by atoms with Crippen LogP contribution in [0.25, 0.3) is 0 Å². The highest BCUT2D eigenvalue weighted by atomic mass is 19.1. The maximum atomic E-state index is 13.6. The Labute approximate surface area is 154 Å². The molecule has 9 heteroatoms. The second-order valence-corrected chi connectivity index (χ2v) is 5.61. The van der Waals surface area contributed by atoms with Crippen LogP contribution in [-0.2, 0) is 20.7 Å². The minimum atomic E-state index is -0.699. The molecule has 0 aliphatic rings. The van der Waals surface area contributed by atoms with E-state index in [1.165, 1.54) is 37.4 Å². The highest BCUT2D eigenvalue weighted by Gasteiger charge is 2.13. The fraction of sp³-hybridized carbons (Fsp3) is 0.222. The number of nitro groups is 1. The van der Waals surface area contributed by atoms with Gasteiger partial charge in [0.25, 0.3) is 11.6 Å². The maximum absolute atomic E-state index is 13.6. The van der Waals surface area contributed by atoms with Crippen LogP contribution in [0.3, 0.4) is 0 Å². The number of rotatable bonds is 7. The van der Waals surface area contributed by atoms with Crippen molar-refractivity contribution >= 4 is 23.3 Å². The molecule has 0 aliphatic heterocycles. The lowest BCUT2D eigenvalue weighted by Gasteiger charge is -2.09. The predicted octanol–water partition coefficient (Wildman–Crippen LogP) is 2.78. The zero-order valence-electron chi connectivity index (χ0n) is 14.7. The molecule has 0 aromatic heterocycles. The summed E-state index contributed by atoms with van der Waals surface area (Å²) in [5, 5.41) is 13.2. The molecule has 0 saturated carbocycles. The number of halogens is 1. The number of hydrogen-bond donors (Lipinski definition) is 1. The van der Waals surface area contributed by atoms with E-state index in [9.17, 15) is 24.1 Å². The first-order valence-corrected chi connectivity index (χ1v) is 7.83. The molecule has 2 aromatic rings. The van der Waals surface area contributed by atoms with Gasteiger partial charge in [0.15, 0.2) is 18.2 Å². The molecule has 1 amide bonds. The molecular weight excluding hydrogens is 359 g/mol. The first kappa shape index (κ1) is 19.8. The standard InChI is InChI=1S/C18H17FN2O6/c1-11-7-13(21(24)25)4-5-15(11)20-17(22)10-27-18(23)9-12-3-6-16(26-2)14(19)8-12/h3-8H,9-10H2,1-2H3,(H,20,22). The van der Waals surface area contributed by atoms with Gasteiger partial charge >= 0.3 is 5.97 Å². The van der Waals surface area contributed by atoms with Crippen LogP contribution in [0.15, 0.2) is 36.4 Å². The normalized spacial score (nSPS) is 10.2. The Morgan fingerprint density at radius 3 is 2.56 bits per heavy atom. The number of aryl methyl sites for hydroxylation is 1. The molecule has 0 saturated heterocycles. The Hall–Kier alpha value is -3.49. The van der Waals surface area contributed by atoms with Gasteiger partial charge in [-0.1, -0.05) is 6.07 Å². The number of nitrogens with zero attached hydrogens (tertiary/aromatic N) is 1. The summed E-state index contributed by atoms with van der Waals surface area (Å²) in [7, 11) is 1.33. The third-order valence-corrected chi connectivity index (χ3v) is 3.62. The first-order valence-electron chi connectivity index (χ1n) is 7.83. The molecule has 8 nitrogen and oxygen atoms in total. The van der Waals surface area contributed by atoms with Crippen molar-refractivity contribution < 1.29 is 28.4 Å². The molecular formula is C18H17FN2O6. The van der Waals surface area contributed by atoms with Gasteiger partial charge in [-0.25, -0.2) is 4.39 Å². The molecule has 0 heterocycles. The number of carbonyl (C=O) groups is 2. The lowest BCUT2D eigenvalue weighted by atomic mass is 10.1. The second-order valence-electron chi connectivity index (χ2n) is 5.61. The van der Waals surface area contributed by atoms with Gasteiger partial charge in [0, 0.05) is 17.8 Å². The molecule has 0 atom stereocenters. The third-order valence-electron chi connectivity index (χ3n) is 3.62. The van der Waals surface area contributed by atoms with Crippen molar-refractivity contribution in [1.29, 1.82) is 0 Å². The zero-order valence-corrected chi connectivity index (χ0v) is 14.7. The molecule has 0 aliphatic carbocycles. The summed E-state index contributed by atoms with van der Waals surface area (Å²) in [6, 6.07) is 8.03. The van der Waals surface area contributed by atoms with Crippen molar-refractivity contribution in [3.8, 4) is 5.75 Å². The molecule has 0 bridgehead atoms. The van der Waals surface area contributed by atoms with Gasteiger partial charge < -0.3 is 14.8 Å². The van der Waals surface area contributed by atoms with Crippen LogP contribution < -0.4 is 10.1 Å². The van der Waals surface area contributed by atoms with Crippen LogP contribution >= 0.6 is 0 Å². The number of esters is 1. The van der Waals surface area contributed by atoms with E-state index in [1.807, 2.05) is 0 Å². The molecule has 142 valence electrons. The van der Waals surface area contributed by atoms with Crippen molar-refractivity contribution in [2.24, 2.45) is 0 Å². The number of non-ortho nitro benzene ring substituents is 1. The Balaban J connectivity index is 1.87. The molecule has 27 heavy (non-hydrogen) atoms. The van der Waals surface area contributed by atoms with Gasteiger partial charge in [0.2, 0.25) is 0 Å². The summed E-state index contributed by atoms with van der Waals surface area (Å²) in [6.45, 7) is 1.07. The Bertz CT molecular complexity index is 884. The Morgan fingerprint density at radius 2 is 1.96 bits per heavy atom. The highest BCUT2D eigenvalue weighted by molar-refractivity contribution is 5.93. The lowest BCUT2D eigenvalue weighted by molar-refractivity contribution is -0.384. The summed E-state index contributed by atoms with van der Waals surface area (Å²) < 4.78 is 23.2. The monoisotopic (exact) mass is 376 g/mol. The van der Waals surface area contributed by atoms with E-state index in [0.717, 1.165) is 6.07 Å². The number of nitro benzene ring substituents is 1. The van der Waals surface area contributed by atoms with E-state index in [2.05, 4.69) is 5.32 Å². The lowest BCUT2D eigenvalue weighted by Crippen LogP contribution is -2.22. The third kappa shape index (κ3) is 5.50. The number of hydrogen-bond acceptors (Lipinski definition) is 6. The van der Waals surface area contributed by atoms with Crippen molar-refractivity contribution in [3.63, 3.8) is 0 Å². The van der Waals surface area contributed by atoms with E-state index < -0.39 is 29.2 Å². The fourth-order valence-electron chi connectivity index (χ4n) is 2.27. The number of nitrogens with one attached hydrogen (secondary N) is 1. The molecule has 1 N–H and O–H groups in total. The van der Waals surface area contributed by atoms with Gasteiger partial charge in [-0.3, -0.25) is 19.7 Å². The molecule has 0 fully saturated rings. The summed E-state index contributed by atoms with van der Waals surface area (Å²) in [6.07, 6.45) is -0.204. The highest BCUT2D eigenvalue weighted by Crippen LogP contribution is 2.21. The van der Waals surface area contributed by atoms with Crippen molar-refractivity contribution in [2.45, 2.75) is 13.3 Å². The molecule has 2 aromatic carbocycles. The molecule has 0 spiro atoms. The van der Waals surface area contributed by atoms with Crippen LogP contribution in [0.5, 0.6) is 5.75 Å². The number of benzene rings is 2. The number of anilines is 1.